The SMILES string of the molecule is Cc1ccc(NC(=O)COc2ccccc2/C=C2/NC(=O)N(CC(=O)Nc3ccccc3F)C2=O)cc1. The zero-order chi connectivity index (χ0) is 26.4. The molecule has 0 bridgehead atoms. The van der Waals surface area contributed by atoms with Crippen LogP contribution in [0.15, 0.2) is 78.5 Å². The van der Waals surface area contributed by atoms with Gasteiger partial charge in [0.2, 0.25) is 5.91 Å². The molecule has 0 spiro atoms. The summed E-state index contributed by atoms with van der Waals surface area (Å²) in [4.78, 5) is 50.4. The first-order valence-corrected chi connectivity index (χ1v) is 11.3. The van der Waals surface area contributed by atoms with Crippen molar-refractivity contribution in [3.63, 3.8) is 0 Å². The van der Waals surface area contributed by atoms with Crippen LogP contribution in [0.3, 0.4) is 0 Å². The van der Waals surface area contributed by atoms with Crippen LogP contribution in [-0.2, 0) is 14.4 Å². The Kier molecular flexibility index (Phi) is 7.58. The molecule has 0 aliphatic carbocycles. The van der Waals surface area contributed by atoms with Gasteiger partial charge < -0.3 is 20.7 Å². The summed E-state index contributed by atoms with van der Waals surface area (Å²) in [6.45, 7) is 1.06. The molecule has 9 nitrogen and oxygen atoms in total. The second-order valence-electron chi connectivity index (χ2n) is 8.15. The van der Waals surface area contributed by atoms with Gasteiger partial charge in [-0.1, -0.05) is 48.0 Å². The lowest BCUT2D eigenvalue weighted by Gasteiger charge is -2.12. The normalized spacial score (nSPS) is 13.9. The molecule has 1 heterocycles. The number of ether oxygens (including phenoxy) is 1. The van der Waals surface area contributed by atoms with Crippen molar-refractivity contribution >= 4 is 41.2 Å². The maximum Gasteiger partial charge on any atom is 0.329 e. The number of hydrogen-bond acceptors (Lipinski definition) is 5. The van der Waals surface area contributed by atoms with Gasteiger partial charge >= 0.3 is 6.03 Å². The largest absolute Gasteiger partial charge is 0.483 e. The third-order valence-corrected chi connectivity index (χ3v) is 5.32. The van der Waals surface area contributed by atoms with Gasteiger partial charge in [-0.2, -0.15) is 0 Å². The molecule has 37 heavy (non-hydrogen) atoms. The Labute approximate surface area is 211 Å². The molecule has 3 aromatic carbocycles. The van der Waals surface area contributed by atoms with Crippen LogP contribution in [0.25, 0.3) is 6.08 Å². The maximum absolute atomic E-state index is 13.8. The predicted molar refractivity (Wildman–Crippen MR) is 135 cm³/mol. The average Bonchev–Trinajstić information content (AvgIpc) is 3.13. The van der Waals surface area contributed by atoms with Crippen molar-refractivity contribution in [2.24, 2.45) is 0 Å². The molecule has 5 amide bonds. The van der Waals surface area contributed by atoms with Crippen molar-refractivity contribution in [1.29, 1.82) is 0 Å². The molecule has 3 aromatic rings. The molecule has 1 saturated heterocycles. The zero-order valence-electron chi connectivity index (χ0n) is 19.8. The lowest BCUT2D eigenvalue weighted by molar-refractivity contribution is -0.127. The number of hydrogen-bond donors (Lipinski definition) is 3. The van der Waals surface area contributed by atoms with Crippen LogP contribution in [0, 0.1) is 12.7 Å². The topological polar surface area (TPSA) is 117 Å². The van der Waals surface area contributed by atoms with Crippen molar-refractivity contribution in [2.75, 3.05) is 23.8 Å². The monoisotopic (exact) mass is 502 g/mol. The van der Waals surface area contributed by atoms with E-state index in [1.54, 1.807) is 42.5 Å². The van der Waals surface area contributed by atoms with Crippen molar-refractivity contribution in [3.05, 3.63) is 95.4 Å². The zero-order valence-corrected chi connectivity index (χ0v) is 19.8. The fourth-order valence-corrected chi connectivity index (χ4v) is 3.48. The molecule has 0 aromatic heterocycles. The number of benzene rings is 3. The van der Waals surface area contributed by atoms with E-state index in [1.807, 2.05) is 19.1 Å². The van der Waals surface area contributed by atoms with E-state index in [9.17, 15) is 23.6 Å². The van der Waals surface area contributed by atoms with Crippen molar-refractivity contribution in [2.45, 2.75) is 6.92 Å². The van der Waals surface area contributed by atoms with Gasteiger partial charge in [-0.3, -0.25) is 14.4 Å². The van der Waals surface area contributed by atoms with Gasteiger partial charge in [-0.05, 0) is 43.3 Å². The highest BCUT2D eigenvalue weighted by Crippen LogP contribution is 2.23. The molecule has 0 saturated carbocycles. The van der Waals surface area contributed by atoms with E-state index < -0.39 is 30.2 Å². The summed E-state index contributed by atoms with van der Waals surface area (Å²) in [6.07, 6.45) is 1.39. The molecule has 10 heteroatoms. The molecule has 1 fully saturated rings. The van der Waals surface area contributed by atoms with Crippen LogP contribution in [0.2, 0.25) is 0 Å². The summed E-state index contributed by atoms with van der Waals surface area (Å²) in [7, 11) is 0. The van der Waals surface area contributed by atoms with Crippen molar-refractivity contribution in [3.8, 4) is 5.75 Å². The van der Waals surface area contributed by atoms with E-state index in [0.29, 0.717) is 21.9 Å². The standard InChI is InChI=1S/C27H23FN4O5/c1-17-10-12-19(13-11-17)29-25(34)16-37-23-9-5-2-6-18(23)14-22-26(35)32(27(36)31-22)15-24(33)30-21-8-4-3-7-20(21)28/h2-14H,15-16H2,1H3,(H,29,34)(H,30,33)(H,31,36)/b22-14+. The number of nitrogens with zero attached hydrogens (tertiary/aromatic N) is 1. The fraction of sp³-hybridized carbons (Fsp3) is 0.111. The quantitative estimate of drug-likeness (QED) is 0.321. The highest BCUT2D eigenvalue weighted by atomic mass is 19.1. The number of carbonyl (C=O) groups excluding carboxylic acids is 4. The first kappa shape index (κ1) is 25.1. The highest BCUT2D eigenvalue weighted by molar-refractivity contribution is 6.16. The molecule has 0 radical (unpaired) electrons. The van der Waals surface area contributed by atoms with Gasteiger partial charge in [0.05, 0.1) is 5.69 Å². The smallest absolute Gasteiger partial charge is 0.329 e. The Hall–Kier alpha value is -4.99. The molecule has 1 aliphatic rings. The second kappa shape index (κ2) is 11.2. The van der Waals surface area contributed by atoms with Crippen LogP contribution in [0.5, 0.6) is 5.75 Å². The van der Waals surface area contributed by atoms with E-state index in [-0.39, 0.29) is 23.9 Å². The van der Waals surface area contributed by atoms with Gasteiger partial charge in [-0.25, -0.2) is 14.1 Å². The number of aryl methyl sites for hydroxylation is 1. The van der Waals surface area contributed by atoms with Crippen molar-refractivity contribution in [1.82, 2.24) is 10.2 Å². The van der Waals surface area contributed by atoms with Crippen LogP contribution in [0.1, 0.15) is 11.1 Å². The van der Waals surface area contributed by atoms with Crippen molar-refractivity contribution < 1.29 is 28.3 Å². The summed E-state index contributed by atoms with van der Waals surface area (Å²) >= 11 is 0. The van der Waals surface area contributed by atoms with Gasteiger partial charge in [0, 0.05) is 11.3 Å². The fourth-order valence-electron chi connectivity index (χ4n) is 3.48. The Morgan fingerprint density at radius 1 is 0.946 bits per heavy atom. The number of nitrogens with one attached hydrogen (secondary N) is 3. The Morgan fingerprint density at radius 3 is 2.41 bits per heavy atom. The molecular weight excluding hydrogens is 479 g/mol. The average molecular weight is 503 g/mol. The van der Waals surface area contributed by atoms with Gasteiger partial charge in [0.25, 0.3) is 11.8 Å². The minimum Gasteiger partial charge on any atom is -0.483 e. The number of imide groups is 1. The number of carbonyl (C=O) groups is 4. The molecule has 1 aliphatic heterocycles. The number of amides is 5. The molecule has 0 unspecified atom stereocenters. The van der Waals surface area contributed by atoms with E-state index >= 15 is 0 Å². The lowest BCUT2D eigenvalue weighted by atomic mass is 10.1. The Bertz CT molecular complexity index is 1390. The van der Waals surface area contributed by atoms with Gasteiger partial charge in [0.1, 0.15) is 23.8 Å². The van der Waals surface area contributed by atoms with E-state index in [0.717, 1.165) is 5.56 Å². The number of para-hydroxylation sites is 2. The first-order chi connectivity index (χ1) is 17.8. The molecule has 3 N–H and O–H groups in total. The molecule has 4 rings (SSSR count). The Balaban J connectivity index is 1.40. The van der Waals surface area contributed by atoms with Crippen LogP contribution in [0.4, 0.5) is 20.6 Å². The minimum absolute atomic E-state index is 0.0622. The summed E-state index contributed by atoms with van der Waals surface area (Å²) in [5.74, 6) is -2.17. The van der Waals surface area contributed by atoms with Crippen LogP contribution >= 0.6 is 0 Å². The number of anilines is 2. The Morgan fingerprint density at radius 2 is 1.65 bits per heavy atom. The third kappa shape index (κ3) is 6.37. The maximum atomic E-state index is 13.8. The molecule has 0 atom stereocenters. The van der Waals surface area contributed by atoms with E-state index in [1.165, 1.54) is 24.3 Å². The lowest BCUT2D eigenvalue weighted by Crippen LogP contribution is -2.38. The molecular formula is C27H23FN4O5. The van der Waals surface area contributed by atoms with E-state index in [4.69, 9.17) is 4.74 Å². The third-order valence-electron chi connectivity index (χ3n) is 5.32. The van der Waals surface area contributed by atoms with Crippen LogP contribution < -0.4 is 20.7 Å². The number of urea groups is 1. The van der Waals surface area contributed by atoms with E-state index in [2.05, 4.69) is 16.0 Å². The molecule has 188 valence electrons. The summed E-state index contributed by atoms with van der Waals surface area (Å²) in [5.41, 5.74) is 1.99. The predicted octanol–water partition coefficient (Wildman–Crippen LogP) is 3.68. The minimum atomic E-state index is -0.796. The van der Waals surface area contributed by atoms with Gasteiger partial charge in [-0.15, -0.1) is 0 Å². The summed E-state index contributed by atoms with van der Waals surface area (Å²) in [5, 5.41) is 7.49. The summed E-state index contributed by atoms with van der Waals surface area (Å²) in [6, 6.07) is 18.7. The highest BCUT2D eigenvalue weighted by Gasteiger charge is 2.35. The van der Waals surface area contributed by atoms with Crippen LogP contribution in [-0.4, -0.2) is 41.8 Å². The second-order valence-corrected chi connectivity index (χ2v) is 8.15. The van der Waals surface area contributed by atoms with Gasteiger partial charge in [0.15, 0.2) is 6.61 Å². The number of rotatable bonds is 8. The number of halogens is 1. The summed E-state index contributed by atoms with van der Waals surface area (Å²) < 4.78 is 19.4. The first-order valence-electron chi connectivity index (χ1n) is 11.3.